The van der Waals surface area contributed by atoms with Crippen molar-refractivity contribution in [1.82, 2.24) is 0 Å². The highest BCUT2D eigenvalue weighted by atomic mass is 16.4. The van der Waals surface area contributed by atoms with Crippen molar-refractivity contribution in [2.45, 2.75) is 13.8 Å². The van der Waals surface area contributed by atoms with Gasteiger partial charge in [0.2, 0.25) is 0 Å². The summed E-state index contributed by atoms with van der Waals surface area (Å²) in [6.45, 7) is 3.02. The Labute approximate surface area is 86.1 Å². The van der Waals surface area contributed by atoms with Gasteiger partial charge in [0.05, 0.1) is 11.1 Å². The van der Waals surface area contributed by atoms with Gasteiger partial charge in [0.25, 0.3) is 0 Å². The number of nitrogen functional groups attached to an aromatic ring is 1. The summed E-state index contributed by atoms with van der Waals surface area (Å²) in [4.78, 5) is 21.8. The number of carboxylic acids is 2. The van der Waals surface area contributed by atoms with Gasteiger partial charge in [-0.2, -0.15) is 0 Å². The van der Waals surface area contributed by atoms with E-state index in [2.05, 4.69) is 0 Å². The first kappa shape index (κ1) is 11.0. The van der Waals surface area contributed by atoms with Crippen molar-refractivity contribution in [2.24, 2.45) is 0 Å². The monoisotopic (exact) mass is 209 g/mol. The predicted molar refractivity (Wildman–Crippen MR) is 54.2 cm³/mol. The Bertz CT molecular complexity index is 413. The minimum atomic E-state index is -1.22. The molecule has 1 aromatic carbocycles. The van der Waals surface area contributed by atoms with E-state index in [4.69, 9.17) is 15.9 Å². The number of aryl methyl sites for hydroxylation is 1. The average molecular weight is 209 g/mol. The number of carbonyl (C=O) groups is 2. The molecule has 0 atom stereocenters. The Morgan fingerprint density at radius 2 is 1.60 bits per heavy atom. The number of hydrogen-bond acceptors (Lipinski definition) is 3. The number of hydrogen-bond donors (Lipinski definition) is 3. The number of rotatable bonds is 2. The van der Waals surface area contributed by atoms with Gasteiger partial charge in [-0.05, 0) is 31.0 Å². The smallest absolute Gasteiger partial charge is 0.338 e. The van der Waals surface area contributed by atoms with Crippen molar-refractivity contribution in [2.75, 3.05) is 5.73 Å². The van der Waals surface area contributed by atoms with Crippen molar-refractivity contribution >= 4 is 17.6 Å². The average Bonchev–Trinajstić information content (AvgIpc) is 1.99. The molecule has 15 heavy (non-hydrogen) atoms. The molecule has 0 fully saturated rings. The van der Waals surface area contributed by atoms with Gasteiger partial charge in [0.15, 0.2) is 0 Å². The number of benzene rings is 1. The zero-order valence-corrected chi connectivity index (χ0v) is 8.37. The quantitative estimate of drug-likeness (QED) is 0.637. The molecule has 0 amide bonds. The molecule has 5 nitrogen and oxygen atoms in total. The largest absolute Gasteiger partial charge is 0.478 e. The molecule has 4 N–H and O–H groups in total. The minimum absolute atomic E-state index is 0.00148. The molecule has 0 saturated heterocycles. The lowest BCUT2D eigenvalue weighted by Crippen LogP contribution is -2.12. The Kier molecular flexibility index (Phi) is 2.65. The molecular weight excluding hydrogens is 198 g/mol. The normalized spacial score (nSPS) is 10.0. The zero-order valence-electron chi connectivity index (χ0n) is 8.37. The lowest BCUT2D eigenvalue weighted by Gasteiger charge is -2.11. The first-order chi connectivity index (χ1) is 6.86. The highest BCUT2D eigenvalue weighted by Crippen LogP contribution is 2.24. The van der Waals surface area contributed by atoms with Gasteiger partial charge in [0.1, 0.15) is 0 Å². The summed E-state index contributed by atoms with van der Waals surface area (Å²) >= 11 is 0. The summed E-state index contributed by atoms with van der Waals surface area (Å²) in [5.74, 6) is -2.36. The third-order valence-corrected chi connectivity index (χ3v) is 2.23. The summed E-state index contributed by atoms with van der Waals surface area (Å²) in [6.07, 6.45) is 0. The fourth-order valence-electron chi connectivity index (χ4n) is 1.63. The fraction of sp³-hybridized carbons (Fsp3) is 0.200. The molecule has 0 radical (unpaired) electrons. The number of anilines is 1. The molecule has 5 heteroatoms. The Morgan fingerprint density at radius 3 is 2.00 bits per heavy atom. The summed E-state index contributed by atoms with van der Waals surface area (Å²) < 4.78 is 0. The first-order valence-electron chi connectivity index (χ1n) is 4.22. The molecule has 1 aromatic rings. The van der Waals surface area contributed by atoms with Gasteiger partial charge in [0, 0.05) is 5.69 Å². The van der Waals surface area contributed by atoms with E-state index >= 15 is 0 Å². The molecule has 0 spiro atoms. The van der Waals surface area contributed by atoms with Gasteiger partial charge in [-0.1, -0.05) is 0 Å². The SMILES string of the molecule is Cc1cc(N)c(C(=O)O)c(C)c1C(=O)O. The molecule has 1 rings (SSSR count). The van der Waals surface area contributed by atoms with Crippen LogP contribution in [0.3, 0.4) is 0 Å². The molecule has 0 aliphatic rings. The molecule has 80 valence electrons. The van der Waals surface area contributed by atoms with Gasteiger partial charge in [-0.15, -0.1) is 0 Å². The third kappa shape index (κ3) is 1.76. The highest BCUT2D eigenvalue weighted by molar-refractivity contribution is 6.01. The van der Waals surface area contributed by atoms with E-state index in [0.29, 0.717) is 5.56 Å². The van der Waals surface area contributed by atoms with Crippen molar-refractivity contribution in [1.29, 1.82) is 0 Å². The number of nitrogens with two attached hydrogens (primary N) is 1. The number of aromatic carboxylic acids is 2. The third-order valence-electron chi connectivity index (χ3n) is 2.23. The fourth-order valence-corrected chi connectivity index (χ4v) is 1.63. The van der Waals surface area contributed by atoms with Crippen molar-refractivity contribution in [3.8, 4) is 0 Å². The van der Waals surface area contributed by atoms with Gasteiger partial charge >= 0.3 is 11.9 Å². The molecule has 0 unspecified atom stereocenters. The van der Waals surface area contributed by atoms with E-state index in [1.54, 1.807) is 6.92 Å². The molecule has 0 aliphatic heterocycles. The van der Waals surface area contributed by atoms with Gasteiger partial charge < -0.3 is 15.9 Å². The summed E-state index contributed by atoms with van der Waals surface area (Å²) in [7, 11) is 0. The van der Waals surface area contributed by atoms with E-state index in [1.165, 1.54) is 13.0 Å². The van der Waals surface area contributed by atoms with Crippen LogP contribution in [0.5, 0.6) is 0 Å². The van der Waals surface area contributed by atoms with Crippen LogP contribution in [0.25, 0.3) is 0 Å². The van der Waals surface area contributed by atoms with E-state index in [1.807, 2.05) is 0 Å². The second kappa shape index (κ2) is 3.61. The van der Waals surface area contributed by atoms with Crippen LogP contribution in [0.2, 0.25) is 0 Å². The maximum absolute atomic E-state index is 10.9. The van der Waals surface area contributed by atoms with Gasteiger partial charge in [-0.3, -0.25) is 0 Å². The molecule has 0 aliphatic carbocycles. The van der Waals surface area contributed by atoms with Gasteiger partial charge in [-0.25, -0.2) is 9.59 Å². The Balaban J connectivity index is 3.64. The van der Waals surface area contributed by atoms with Crippen LogP contribution < -0.4 is 5.73 Å². The maximum Gasteiger partial charge on any atom is 0.338 e. The second-order valence-electron chi connectivity index (χ2n) is 3.27. The van der Waals surface area contributed by atoms with Crippen LogP contribution in [-0.2, 0) is 0 Å². The van der Waals surface area contributed by atoms with Crippen LogP contribution in [0.15, 0.2) is 6.07 Å². The molecular formula is C10H11NO4. The molecule has 0 heterocycles. The van der Waals surface area contributed by atoms with Crippen LogP contribution in [0, 0.1) is 13.8 Å². The summed E-state index contributed by atoms with van der Waals surface area (Å²) in [6, 6.07) is 1.36. The Hall–Kier alpha value is -2.04. The Morgan fingerprint density at radius 1 is 1.13 bits per heavy atom. The van der Waals surface area contributed by atoms with Crippen LogP contribution >= 0.6 is 0 Å². The van der Waals surface area contributed by atoms with E-state index in [9.17, 15) is 9.59 Å². The van der Waals surface area contributed by atoms with Crippen molar-refractivity contribution in [3.05, 3.63) is 28.3 Å². The standard InChI is InChI=1S/C10H11NO4/c1-4-3-6(11)8(10(14)15)5(2)7(4)9(12)13/h3H,11H2,1-2H3,(H,12,13)(H,14,15). The summed E-state index contributed by atoms with van der Waals surface area (Å²) in [5.41, 5.74) is 6.11. The maximum atomic E-state index is 10.9. The van der Waals surface area contributed by atoms with Crippen LogP contribution in [-0.4, -0.2) is 22.2 Å². The first-order valence-corrected chi connectivity index (χ1v) is 4.22. The van der Waals surface area contributed by atoms with E-state index in [0.717, 1.165) is 0 Å². The lowest BCUT2D eigenvalue weighted by atomic mass is 9.96. The number of carboxylic acid groups (broad SMARTS) is 2. The lowest BCUT2D eigenvalue weighted by molar-refractivity contribution is 0.0695. The predicted octanol–water partition coefficient (Wildman–Crippen LogP) is 1.28. The van der Waals surface area contributed by atoms with Crippen molar-refractivity contribution in [3.63, 3.8) is 0 Å². The molecule has 0 aromatic heterocycles. The van der Waals surface area contributed by atoms with Crippen molar-refractivity contribution < 1.29 is 19.8 Å². The van der Waals surface area contributed by atoms with Crippen LogP contribution in [0.4, 0.5) is 5.69 Å². The van der Waals surface area contributed by atoms with Crippen LogP contribution in [0.1, 0.15) is 31.8 Å². The molecule has 0 bridgehead atoms. The zero-order chi connectivity index (χ0) is 11.7. The van der Waals surface area contributed by atoms with E-state index < -0.39 is 11.9 Å². The minimum Gasteiger partial charge on any atom is -0.478 e. The van der Waals surface area contributed by atoms with E-state index in [-0.39, 0.29) is 22.4 Å². The molecule has 0 saturated carbocycles. The highest BCUT2D eigenvalue weighted by Gasteiger charge is 2.20. The summed E-state index contributed by atoms with van der Waals surface area (Å²) in [5, 5.41) is 17.8. The second-order valence-corrected chi connectivity index (χ2v) is 3.27. The topological polar surface area (TPSA) is 101 Å².